The van der Waals surface area contributed by atoms with Gasteiger partial charge in [-0.1, -0.05) is 17.7 Å². The molecule has 0 amide bonds. The fourth-order valence-electron chi connectivity index (χ4n) is 2.89. The van der Waals surface area contributed by atoms with Crippen molar-refractivity contribution >= 4 is 34.2 Å². The lowest BCUT2D eigenvalue weighted by atomic mass is 9.88. The van der Waals surface area contributed by atoms with Gasteiger partial charge in [0.2, 0.25) is 0 Å². The van der Waals surface area contributed by atoms with Crippen molar-refractivity contribution in [2.75, 3.05) is 6.61 Å². The van der Waals surface area contributed by atoms with E-state index < -0.39 is 0 Å². The van der Waals surface area contributed by atoms with Crippen LogP contribution in [-0.2, 0) is 4.74 Å². The molecule has 0 spiro atoms. The highest BCUT2D eigenvalue weighted by Gasteiger charge is 2.34. The molecule has 1 atom stereocenters. The van der Waals surface area contributed by atoms with Gasteiger partial charge in [0.1, 0.15) is 11.3 Å². The van der Waals surface area contributed by atoms with Crippen LogP contribution >= 0.6 is 23.2 Å². The average molecular weight is 313 g/mol. The summed E-state index contributed by atoms with van der Waals surface area (Å²) >= 11 is 12.5. The van der Waals surface area contributed by atoms with Crippen LogP contribution in [0, 0.1) is 0 Å². The first-order valence-corrected chi connectivity index (χ1v) is 7.85. The quantitative estimate of drug-likeness (QED) is 0.763. The number of rotatable bonds is 4. The lowest BCUT2D eigenvalue weighted by molar-refractivity contribution is -0.0193. The number of hydrogen-bond donors (Lipinski definition) is 0. The number of aromatic nitrogens is 2. The fraction of sp³-hybridized carbons (Fsp3) is 0.533. The van der Waals surface area contributed by atoms with E-state index in [1.165, 1.54) is 0 Å². The summed E-state index contributed by atoms with van der Waals surface area (Å²) in [7, 11) is 0. The number of imidazole rings is 1. The van der Waals surface area contributed by atoms with E-state index in [9.17, 15) is 0 Å². The van der Waals surface area contributed by atoms with Gasteiger partial charge in [-0.15, -0.1) is 11.6 Å². The zero-order chi connectivity index (χ0) is 14.3. The summed E-state index contributed by atoms with van der Waals surface area (Å²) in [5, 5.41) is 0.546. The predicted octanol–water partition coefficient (Wildman–Crippen LogP) is 4.73. The molecule has 1 aromatic heterocycles. The van der Waals surface area contributed by atoms with Gasteiger partial charge in [0.05, 0.1) is 22.0 Å². The van der Waals surface area contributed by atoms with Crippen LogP contribution in [0.4, 0.5) is 0 Å². The van der Waals surface area contributed by atoms with Crippen molar-refractivity contribution in [1.29, 1.82) is 0 Å². The second-order valence-corrected chi connectivity index (χ2v) is 6.33. The van der Waals surface area contributed by atoms with Crippen molar-refractivity contribution in [2.45, 2.75) is 44.2 Å². The number of para-hydroxylation sites is 1. The Morgan fingerprint density at radius 3 is 2.85 bits per heavy atom. The fourth-order valence-corrected chi connectivity index (χ4v) is 3.25. The highest BCUT2D eigenvalue weighted by molar-refractivity contribution is 6.35. The molecule has 1 saturated carbocycles. The third kappa shape index (κ3) is 2.32. The van der Waals surface area contributed by atoms with Crippen LogP contribution < -0.4 is 0 Å². The lowest BCUT2D eigenvalue weighted by Crippen LogP contribution is -2.34. The highest BCUT2D eigenvalue weighted by atomic mass is 35.5. The summed E-state index contributed by atoms with van der Waals surface area (Å²) in [6.07, 6.45) is 2.39. The van der Waals surface area contributed by atoms with E-state index in [4.69, 9.17) is 27.9 Å². The molecule has 1 heterocycles. The van der Waals surface area contributed by atoms with Crippen LogP contribution in [0.25, 0.3) is 11.0 Å². The highest BCUT2D eigenvalue weighted by Crippen LogP contribution is 2.40. The number of nitrogens with zero attached hydrogens (tertiary/aromatic N) is 2. The van der Waals surface area contributed by atoms with Gasteiger partial charge in [0.15, 0.2) is 0 Å². The van der Waals surface area contributed by atoms with Gasteiger partial charge in [-0.3, -0.25) is 0 Å². The largest absolute Gasteiger partial charge is 0.378 e. The second-order valence-electron chi connectivity index (χ2n) is 5.27. The van der Waals surface area contributed by atoms with Crippen molar-refractivity contribution in [1.82, 2.24) is 9.55 Å². The Morgan fingerprint density at radius 2 is 2.20 bits per heavy atom. The maximum atomic E-state index is 6.30. The Hall–Kier alpha value is -0.770. The van der Waals surface area contributed by atoms with E-state index in [0.29, 0.717) is 17.2 Å². The molecule has 1 aliphatic carbocycles. The average Bonchev–Trinajstić information content (AvgIpc) is 2.74. The van der Waals surface area contributed by atoms with Crippen LogP contribution in [0.2, 0.25) is 5.02 Å². The zero-order valence-corrected chi connectivity index (χ0v) is 13.2. The predicted molar refractivity (Wildman–Crippen MR) is 82.7 cm³/mol. The van der Waals surface area contributed by atoms with Crippen LogP contribution in [0.1, 0.15) is 43.9 Å². The standard InChI is InChI=1S/C15H18Cl2N2O/c1-3-20-11-7-10(8-11)19-13-6-4-5-12(17)14(13)18-15(19)9(2)16/h4-6,9-11H,3,7-8H2,1-2H3. The van der Waals surface area contributed by atoms with Gasteiger partial charge in [-0.25, -0.2) is 4.98 Å². The minimum Gasteiger partial charge on any atom is -0.378 e. The molecular weight excluding hydrogens is 295 g/mol. The van der Waals surface area contributed by atoms with Gasteiger partial charge in [-0.05, 0) is 38.8 Å². The molecule has 0 aliphatic heterocycles. The summed E-state index contributed by atoms with van der Waals surface area (Å²) in [4.78, 5) is 4.64. The van der Waals surface area contributed by atoms with Gasteiger partial charge in [0, 0.05) is 12.6 Å². The van der Waals surface area contributed by atoms with E-state index in [2.05, 4.69) is 15.6 Å². The molecule has 3 rings (SSSR count). The van der Waals surface area contributed by atoms with E-state index in [1.54, 1.807) is 0 Å². The van der Waals surface area contributed by atoms with Crippen molar-refractivity contribution < 1.29 is 4.74 Å². The summed E-state index contributed by atoms with van der Waals surface area (Å²) in [5.41, 5.74) is 1.91. The van der Waals surface area contributed by atoms with Crippen molar-refractivity contribution in [3.63, 3.8) is 0 Å². The molecule has 1 aromatic carbocycles. The molecule has 20 heavy (non-hydrogen) atoms. The minimum atomic E-state index is -0.135. The number of ether oxygens (including phenoxy) is 1. The van der Waals surface area contributed by atoms with E-state index in [1.807, 2.05) is 26.0 Å². The topological polar surface area (TPSA) is 27.1 Å². The smallest absolute Gasteiger partial charge is 0.128 e. The van der Waals surface area contributed by atoms with Gasteiger partial charge in [-0.2, -0.15) is 0 Å². The van der Waals surface area contributed by atoms with Gasteiger partial charge < -0.3 is 9.30 Å². The number of fused-ring (bicyclic) bond motifs is 1. The number of hydrogen-bond acceptors (Lipinski definition) is 2. The maximum absolute atomic E-state index is 6.30. The monoisotopic (exact) mass is 312 g/mol. The van der Waals surface area contributed by atoms with Crippen LogP contribution in [0.5, 0.6) is 0 Å². The van der Waals surface area contributed by atoms with E-state index in [0.717, 1.165) is 36.3 Å². The Bertz CT molecular complexity index is 618. The first-order chi connectivity index (χ1) is 9.61. The normalized spacial score (nSPS) is 23.8. The molecule has 5 heteroatoms. The molecule has 1 unspecified atom stereocenters. The Kier molecular flexibility index (Phi) is 3.93. The molecule has 0 radical (unpaired) electrons. The number of benzene rings is 1. The summed E-state index contributed by atoms with van der Waals surface area (Å²) in [5.74, 6) is 0.898. The van der Waals surface area contributed by atoms with Gasteiger partial charge in [0.25, 0.3) is 0 Å². The van der Waals surface area contributed by atoms with E-state index >= 15 is 0 Å². The molecule has 0 N–H and O–H groups in total. The minimum absolute atomic E-state index is 0.135. The SMILES string of the molecule is CCOC1CC(n2c(C(C)Cl)nc3c(Cl)cccc32)C1. The molecule has 0 saturated heterocycles. The van der Waals surface area contributed by atoms with Crippen LogP contribution in [0.15, 0.2) is 18.2 Å². The van der Waals surface area contributed by atoms with Crippen molar-refractivity contribution in [2.24, 2.45) is 0 Å². The second kappa shape index (κ2) is 5.55. The molecule has 1 fully saturated rings. The summed E-state index contributed by atoms with van der Waals surface area (Å²) in [6.45, 7) is 4.75. The van der Waals surface area contributed by atoms with Crippen LogP contribution in [-0.4, -0.2) is 22.3 Å². The third-order valence-electron chi connectivity index (χ3n) is 3.89. The number of halogens is 2. The molecule has 3 nitrogen and oxygen atoms in total. The molecule has 2 aromatic rings. The van der Waals surface area contributed by atoms with Gasteiger partial charge >= 0.3 is 0 Å². The molecule has 108 valence electrons. The maximum Gasteiger partial charge on any atom is 0.128 e. The summed E-state index contributed by atoms with van der Waals surface area (Å²) < 4.78 is 7.89. The Balaban J connectivity index is 2.01. The molecule has 0 bridgehead atoms. The Labute approximate surface area is 128 Å². The molecule has 1 aliphatic rings. The first-order valence-electron chi connectivity index (χ1n) is 7.03. The molecular formula is C15H18Cl2N2O. The van der Waals surface area contributed by atoms with Crippen molar-refractivity contribution in [3.05, 3.63) is 29.0 Å². The van der Waals surface area contributed by atoms with Crippen molar-refractivity contribution in [3.8, 4) is 0 Å². The lowest BCUT2D eigenvalue weighted by Gasteiger charge is -2.37. The number of alkyl halides is 1. The Morgan fingerprint density at radius 1 is 1.45 bits per heavy atom. The van der Waals surface area contributed by atoms with Crippen LogP contribution in [0.3, 0.4) is 0 Å². The summed E-state index contributed by atoms with van der Waals surface area (Å²) in [6, 6.07) is 6.30. The third-order valence-corrected chi connectivity index (χ3v) is 4.39. The first kappa shape index (κ1) is 14.2. The zero-order valence-electron chi connectivity index (χ0n) is 11.6. The van der Waals surface area contributed by atoms with E-state index in [-0.39, 0.29) is 5.38 Å².